The summed E-state index contributed by atoms with van der Waals surface area (Å²) in [6, 6.07) is 14.3. The zero-order chi connectivity index (χ0) is 13.7. The summed E-state index contributed by atoms with van der Waals surface area (Å²) in [4.78, 5) is 11.7. The summed E-state index contributed by atoms with van der Waals surface area (Å²) in [5.74, 6) is -0.104. The summed E-state index contributed by atoms with van der Waals surface area (Å²) < 4.78 is 0. The Bertz CT molecular complexity index is 618. The molecule has 3 nitrogen and oxygen atoms in total. The Morgan fingerprint density at radius 1 is 1.16 bits per heavy atom. The van der Waals surface area contributed by atoms with E-state index in [1.54, 1.807) is 24.3 Å². The van der Waals surface area contributed by atoms with Gasteiger partial charge in [0, 0.05) is 17.8 Å². The van der Waals surface area contributed by atoms with Crippen LogP contribution in [0.2, 0.25) is 0 Å². The molecular formula is C16H15NO2. The number of carbonyl (C=O) groups excluding carboxylic acids is 1. The van der Waals surface area contributed by atoms with Crippen LogP contribution in [0.1, 0.15) is 11.1 Å². The Hall–Kier alpha value is -2.55. The molecule has 0 heterocycles. The van der Waals surface area contributed by atoms with Crippen molar-refractivity contribution in [1.82, 2.24) is 0 Å². The number of hydrogen-bond donors (Lipinski definition) is 2. The van der Waals surface area contributed by atoms with Crippen LogP contribution in [0.4, 0.5) is 5.69 Å². The van der Waals surface area contributed by atoms with Crippen molar-refractivity contribution >= 4 is 17.7 Å². The van der Waals surface area contributed by atoms with Gasteiger partial charge in [0.25, 0.3) is 0 Å². The zero-order valence-electron chi connectivity index (χ0n) is 10.6. The Morgan fingerprint density at radius 3 is 2.68 bits per heavy atom. The maximum atomic E-state index is 11.7. The minimum Gasteiger partial charge on any atom is -0.508 e. The largest absolute Gasteiger partial charge is 0.508 e. The van der Waals surface area contributed by atoms with Crippen LogP contribution in [-0.2, 0) is 4.79 Å². The molecule has 0 spiro atoms. The molecule has 0 aliphatic rings. The number of phenolic OH excluding ortho intramolecular Hbond substituents is 1. The van der Waals surface area contributed by atoms with Crippen molar-refractivity contribution in [2.24, 2.45) is 0 Å². The molecule has 2 rings (SSSR count). The van der Waals surface area contributed by atoms with Gasteiger partial charge in [0.2, 0.25) is 5.91 Å². The van der Waals surface area contributed by atoms with Crippen molar-refractivity contribution < 1.29 is 9.90 Å². The van der Waals surface area contributed by atoms with E-state index in [0.29, 0.717) is 5.69 Å². The molecule has 0 unspecified atom stereocenters. The van der Waals surface area contributed by atoms with E-state index in [1.807, 2.05) is 31.2 Å². The smallest absolute Gasteiger partial charge is 0.248 e. The fourth-order valence-corrected chi connectivity index (χ4v) is 1.71. The first-order valence-electron chi connectivity index (χ1n) is 5.98. The van der Waals surface area contributed by atoms with E-state index in [4.69, 9.17) is 0 Å². The normalized spacial score (nSPS) is 10.6. The lowest BCUT2D eigenvalue weighted by Crippen LogP contribution is -2.07. The lowest BCUT2D eigenvalue weighted by Gasteiger charge is -2.02. The second-order valence-electron chi connectivity index (χ2n) is 4.29. The molecule has 0 atom stereocenters. The van der Waals surface area contributed by atoms with Crippen LogP contribution in [-0.4, -0.2) is 11.0 Å². The SMILES string of the molecule is Cc1cccc(/C=C/C(=O)Nc2cccc(O)c2)c1. The monoisotopic (exact) mass is 253 g/mol. The summed E-state index contributed by atoms with van der Waals surface area (Å²) in [6.45, 7) is 2.00. The predicted octanol–water partition coefficient (Wildman–Crippen LogP) is 3.35. The first kappa shape index (κ1) is 12.9. The van der Waals surface area contributed by atoms with Gasteiger partial charge in [0.05, 0.1) is 0 Å². The van der Waals surface area contributed by atoms with Crippen molar-refractivity contribution in [3.05, 3.63) is 65.7 Å². The quantitative estimate of drug-likeness (QED) is 0.824. The Labute approximate surface area is 112 Å². The lowest BCUT2D eigenvalue weighted by molar-refractivity contribution is -0.111. The number of hydrogen-bond acceptors (Lipinski definition) is 2. The van der Waals surface area contributed by atoms with Gasteiger partial charge in [-0.2, -0.15) is 0 Å². The molecule has 0 aromatic heterocycles. The third-order valence-corrected chi connectivity index (χ3v) is 2.58. The van der Waals surface area contributed by atoms with Gasteiger partial charge in [-0.25, -0.2) is 0 Å². The van der Waals surface area contributed by atoms with E-state index in [9.17, 15) is 9.90 Å². The molecule has 0 bridgehead atoms. The van der Waals surface area contributed by atoms with Gasteiger partial charge in [-0.3, -0.25) is 4.79 Å². The van der Waals surface area contributed by atoms with E-state index in [0.717, 1.165) is 11.1 Å². The molecule has 0 radical (unpaired) electrons. The summed E-state index contributed by atoms with van der Waals surface area (Å²) in [5.41, 5.74) is 2.69. The highest BCUT2D eigenvalue weighted by Gasteiger charge is 1.98. The van der Waals surface area contributed by atoms with Crippen molar-refractivity contribution in [3.63, 3.8) is 0 Å². The zero-order valence-corrected chi connectivity index (χ0v) is 10.6. The van der Waals surface area contributed by atoms with Crippen LogP contribution < -0.4 is 5.32 Å². The summed E-state index contributed by atoms with van der Waals surface area (Å²) >= 11 is 0. The molecule has 2 aromatic rings. The highest BCUT2D eigenvalue weighted by molar-refractivity contribution is 6.02. The maximum absolute atomic E-state index is 11.7. The number of aromatic hydroxyl groups is 1. The molecule has 1 amide bonds. The minimum absolute atomic E-state index is 0.125. The average Bonchev–Trinajstić information content (AvgIpc) is 2.36. The van der Waals surface area contributed by atoms with Crippen LogP contribution in [0.15, 0.2) is 54.6 Å². The molecule has 3 heteroatoms. The van der Waals surface area contributed by atoms with Gasteiger partial charge in [-0.05, 0) is 30.7 Å². The van der Waals surface area contributed by atoms with Crippen molar-refractivity contribution in [1.29, 1.82) is 0 Å². The van der Waals surface area contributed by atoms with E-state index >= 15 is 0 Å². The summed E-state index contributed by atoms with van der Waals surface area (Å²) in [7, 11) is 0. The van der Waals surface area contributed by atoms with Crippen LogP contribution in [0, 0.1) is 6.92 Å². The fourth-order valence-electron chi connectivity index (χ4n) is 1.71. The Balaban J connectivity index is 2.01. The number of rotatable bonds is 3. The molecule has 0 saturated carbocycles. The van der Waals surface area contributed by atoms with Crippen molar-refractivity contribution in [3.8, 4) is 5.75 Å². The fraction of sp³-hybridized carbons (Fsp3) is 0.0625. The molecule has 0 aliphatic heterocycles. The highest BCUT2D eigenvalue weighted by atomic mass is 16.3. The standard InChI is InChI=1S/C16H15NO2/c1-12-4-2-5-13(10-12)8-9-16(19)17-14-6-3-7-15(18)11-14/h2-11,18H,1H3,(H,17,19)/b9-8+. The molecule has 0 saturated heterocycles. The summed E-state index contributed by atoms with van der Waals surface area (Å²) in [6.07, 6.45) is 3.23. The van der Waals surface area contributed by atoms with Gasteiger partial charge < -0.3 is 10.4 Å². The number of aryl methyl sites for hydroxylation is 1. The second-order valence-corrected chi connectivity index (χ2v) is 4.29. The number of amides is 1. The van der Waals surface area contributed by atoms with E-state index < -0.39 is 0 Å². The van der Waals surface area contributed by atoms with Gasteiger partial charge in [-0.1, -0.05) is 35.9 Å². The highest BCUT2D eigenvalue weighted by Crippen LogP contribution is 2.15. The van der Waals surface area contributed by atoms with E-state index in [2.05, 4.69) is 5.32 Å². The number of benzene rings is 2. The number of anilines is 1. The number of nitrogens with one attached hydrogen (secondary N) is 1. The molecule has 0 aliphatic carbocycles. The van der Waals surface area contributed by atoms with Crippen LogP contribution in [0.5, 0.6) is 5.75 Å². The molecular weight excluding hydrogens is 238 g/mol. The van der Waals surface area contributed by atoms with Gasteiger partial charge in [0.1, 0.15) is 5.75 Å². The molecule has 2 N–H and O–H groups in total. The maximum Gasteiger partial charge on any atom is 0.248 e. The average molecular weight is 253 g/mol. The van der Waals surface area contributed by atoms with E-state index in [-0.39, 0.29) is 11.7 Å². The predicted molar refractivity (Wildman–Crippen MR) is 76.9 cm³/mol. The first-order chi connectivity index (χ1) is 9.13. The van der Waals surface area contributed by atoms with Gasteiger partial charge in [-0.15, -0.1) is 0 Å². The summed E-state index contributed by atoms with van der Waals surface area (Å²) in [5, 5.41) is 12.0. The molecule has 96 valence electrons. The third-order valence-electron chi connectivity index (χ3n) is 2.58. The first-order valence-corrected chi connectivity index (χ1v) is 5.98. The third kappa shape index (κ3) is 4.00. The van der Waals surface area contributed by atoms with Crippen molar-refractivity contribution in [2.75, 3.05) is 5.32 Å². The molecule has 2 aromatic carbocycles. The Kier molecular flexibility index (Phi) is 3.98. The van der Waals surface area contributed by atoms with Gasteiger partial charge in [0.15, 0.2) is 0 Å². The molecule has 19 heavy (non-hydrogen) atoms. The van der Waals surface area contributed by atoms with Crippen LogP contribution >= 0.6 is 0 Å². The van der Waals surface area contributed by atoms with Crippen LogP contribution in [0.3, 0.4) is 0 Å². The number of phenols is 1. The lowest BCUT2D eigenvalue weighted by atomic mass is 10.1. The molecule has 0 fully saturated rings. The van der Waals surface area contributed by atoms with E-state index in [1.165, 1.54) is 12.1 Å². The minimum atomic E-state index is -0.230. The Morgan fingerprint density at radius 2 is 1.95 bits per heavy atom. The number of carbonyl (C=O) groups is 1. The second kappa shape index (κ2) is 5.87. The van der Waals surface area contributed by atoms with Gasteiger partial charge >= 0.3 is 0 Å². The topological polar surface area (TPSA) is 49.3 Å². The van der Waals surface area contributed by atoms with Crippen molar-refractivity contribution in [2.45, 2.75) is 6.92 Å². The van der Waals surface area contributed by atoms with Crippen LogP contribution in [0.25, 0.3) is 6.08 Å².